The smallest absolute Gasteiger partial charge is 0.191 e. The summed E-state index contributed by atoms with van der Waals surface area (Å²) in [7, 11) is 0. The quantitative estimate of drug-likeness (QED) is 0.297. The molecule has 1 aromatic carbocycles. The molecule has 26 heavy (non-hydrogen) atoms. The van der Waals surface area contributed by atoms with Crippen LogP contribution in [0.15, 0.2) is 41.5 Å². The Balaban J connectivity index is 0.00000338. The van der Waals surface area contributed by atoms with E-state index in [4.69, 9.17) is 4.99 Å². The molecule has 0 radical (unpaired) electrons. The van der Waals surface area contributed by atoms with E-state index < -0.39 is 0 Å². The van der Waals surface area contributed by atoms with Gasteiger partial charge in [0.1, 0.15) is 0 Å². The molecule has 0 amide bonds. The average molecular weight is 470 g/mol. The van der Waals surface area contributed by atoms with Gasteiger partial charge in [0.2, 0.25) is 0 Å². The third kappa shape index (κ3) is 7.07. The van der Waals surface area contributed by atoms with Crippen molar-refractivity contribution in [3.8, 4) is 0 Å². The van der Waals surface area contributed by atoms with Crippen LogP contribution < -0.4 is 10.6 Å². The van der Waals surface area contributed by atoms with Crippen LogP contribution in [0.1, 0.15) is 38.7 Å². The summed E-state index contributed by atoms with van der Waals surface area (Å²) in [5.74, 6) is 1.28. The number of hydrogen-bond acceptors (Lipinski definition) is 3. The number of benzene rings is 1. The summed E-state index contributed by atoms with van der Waals surface area (Å²) < 4.78 is 0. The van der Waals surface area contributed by atoms with Crippen molar-refractivity contribution in [1.82, 2.24) is 15.6 Å². The molecule has 5 nitrogen and oxygen atoms in total. The molecule has 3 N–H and O–H groups in total. The normalized spacial score (nSPS) is 12.5. The molecular formula is C20H31IN4O. The van der Waals surface area contributed by atoms with Gasteiger partial charge in [-0.3, -0.25) is 4.98 Å². The Hall–Kier alpha value is -1.41. The van der Waals surface area contributed by atoms with Gasteiger partial charge in [-0.15, -0.1) is 24.0 Å². The first-order chi connectivity index (χ1) is 12.3. The third-order valence-electron chi connectivity index (χ3n) is 4.26. The van der Waals surface area contributed by atoms with Gasteiger partial charge in [0.05, 0.1) is 12.1 Å². The predicted octanol–water partition coefficient (Wildman–Crippen LogP) is 3.71. The Morgan fingerprint density at radius 1 is 1.15 bits per heavy atom. The summed E-state index contributed by atoms with van der Waals surface area (Å²) >= 11 is 0. The Morgan fingerprint density at radius 3 is 2.69 bits per heavy atom. The summed E-state index contributed by atoms with van der Waals surface area (Å²) in [6.07, 6.45) is 4.89. The first-order valence-electron chi connectivity index (χ1n) is 9.24. The van der Waals surface area contributed by atoms with E-state index in [-0.39, 0.29) is 30.6 Å². The van der Waals surface area contributed by atoms with Crippen LogP contribution in [0, 0.1) is 5.92 Å². The molecule has 0 bridgehead atoms. The van der Waals surface area contributed by atoms with Crippen LogP contribution in [0.5, 0.6) is 0 Å². The molecule has 2 aromatic rings. The number of hydrogen-bond donors (Lipinski definition) is 3. The van der Waals surface area contributed by atoms with Gasteiger partial charge in [0, 0.05) is 31.3 Å². The predicted molar refractivity (Wildman–Crippen MR) is 120 cm³/mol. The Bertz CT molecular complexity index is 666. The maximum Gasteiger partial charge on any atom is 0.191 e. The van der Waals surface area contributed by atoms with Gasteiger partial charge >= 0.3 is 0 Å². The molecule has 2 rings (SSSR count). The number of nitrogens with one attached hydrogen (secondary N) is 2. The van der Waals surface area contributed by atoms with Gasteiger partial charge in [-0.1, -0.05) is 37.6 Å². The van der Waals surface area contributed by atoms with Crippen LogP contribution in [0.3, 0.4) is 0 Å². The molecule has 1 unspecified atom stereocenters. The van der Waals surface area contributed by atoms with E-state index in [0.29, 0.717) is 12.5 Å². The number of aliphatic hydroxyl groups excluding tert-OH is 1. The SMILES string of the molecule is CCCC(CCO)CNC(=NCc1cccc2cccnc12)NCC.I. The summed E-state index contributed by atoms with van der Waals surface area (Å²) in [6.45, 7) is 6.71. The Kier molecular flexibility index (Phi) is 11.2. The number of aromatic nitrogens is 1. The number of aliphatic imine (C=N–C) groups is 1. The number of nitrogens with zero attached hydrogens (tertiary/aromatic N) is 2. The van der Waals surface area contributed by atoms with Crippen LogP contribution in [-0.2, 0) is 6.54 Å². The molecule has 0 saturated carbocycles. The molecule has 0 spiro atoms. The number of fused-ring (bicyclic) bond motifs is 1. The fourth-order valence-electron chi connectivity index (χ4n) is 2.98. The fourth-order valence-corrected chi connectivity index (χ4v) is 2.98. The average Bonchev–Trinajstić information content (AvgIpc) is 2.64. The molecular weight excluding hydrogens is 439 g/mol. The number of guanidine groups is 1. The molecule has 1 atom stereocenters. The number of halogens is 1. The van der Waals surface area contributed by atoms with Crippen LogP contribution in [0.25, 0.3) is 10.9 Å². The zero-order chi connectivity index (χ0) is 17.9. The van der Waals surface area contributed by atoms with E-state index in [9.17, 15) is 5.11 Å². The lowest BCUT2D eigenvalue weighted by molar-refractivity contribution is 0.251. The largest absolute Gasteiger partial charge is 0.396 e. The van der Waals surface area contributed by atoms with Crippen molar-refractivity contribution in [2.75, 3.05) is 19.7 Å². The van der Waals surface area contributed by atoms with E-state index in [0.717, 1.165) is 54.8 Å². The molecule has 0 fully saturated rings. The van der Waals surface area contributed by atoms with Crippen molar-refractivity contribution < 1.29 is 5.11 Å². The van der Waals surface area contributed by atoms with Crippen LogP contribution in [0.4, 0.5) is 0 Å². The number of pyridine rings is 1. The van der Waals surface area contributed by atoms with Gasteiger partial charge in [-0.05, 0) is 37.3 Å². The molecule has 6 heteroatoms. The number of rotatable bonds is 9. The van der Waals surface area contributed by atoms with Gasteiger partial charge in [-0.2, -0.15) is 0 Å². The van der Waals surface area contributed by atoms with Gasteiger partial charge < -0.3 is 15.7 Å². The van der Waals surface area contributed by atoms with Crippen LogP contribution in [-0.4, -0.2) is 35.7 Å². The topological polar surface area (TPSA) is 69.5 Å². The molecule has 1 aromatic heterocycles. The van der Waals surface area contributed by atoms with E-state index >= 15 is 0 Å². The molecule has 0 saturated heterocycles. The van der Waals surface area contributed by atoms with Crippen molar-refractivity contribution >= 4 is 40.8 Å². The highest BCUT2D eigenvalue weighted by atomic mass is 127. The second kappa shape index (κ2) is 12.9. The maximum atomic E-state index is 9.20. The lowest BCUT2D eigenvalue weighted by atomic mass is 10.0. The zero-order valence-corrected chi connectivity index (χ0v) is 18.1. The van der Waals surface area contributed by atoms with E-state index in [1.165, 1.54) is 0 Å². The van der Waals surface area contributed by atoms with Crippen molar-refractivity contribution in [3.63, 3.8) is 0 Å². The summed E-state index contributed by atoms with van der Waals surface area (Å²) in [5.41, 5.74) is 2.13. The zero-order valence-electron chi connectivity index (χ0n) is 15.7. The molecule has 0 aliphatic carbocycles. The van der Waals surface area contributed by atoms with Crippen molar-refractivity contribution in [3.05, 3.63) is 42.1 Å². The lowest BCUT2D eigenvalue weighted by Crippen LogP contribution is -2.40. The van der Waals surface area contributed by atoms with Crippen LogP contribution >= 0.6 is 24.0 Å². The molecule has 0 aliphatic heterocycles. The summed E-state index contributed by atoms with van der Waals surface area (Å²) in [4.78, 5) is 9.21. The minimum absolute atomic E-state index is 0. The van der Waals surface area contributed by atoms with E-state index in [1.54, 1.807) is 0 Å². The third-order valence-corrected chi connectivity index (χ3v) is 4.26. The fraction of sp³-hybridized carbons (Fsp3) is 0.500. The van der Waals surface area contributed by atoms with Gasteiger partial charge in [0.25, 0.3) is 0 Å². The second-order valence-electron chi connectivity index (χ2n) is 6.24. The number of aliphatic hydroxyl groups is 1. The second-order valence-corrected chi connectivity index (χ2v) is 6.24. The monoisotopic (exact) mass is 470 g/mol. The molecule has 144 valence electrons. The standard InChI is InChI=1S/C20H30N4O.HI/c1-3-7-16(11-13-25)14-23-20(21-4-2)24-15-18-9-5-8-17-10-6-12-22-19(17)18;/h5-6,8-10,12,16,25H,3-4,7,11,13-15H2,1-2H3,(H2,21,23,24);1H. The van der Waals surface area contributed by atoms with Crippen molar-refractivity contribution in [2.45, 2.75) is 39.7 Å². The highest BCUT2D eigenvalue weighted by molar-refractivity contribution is 14.0. The summed E-state index contributed by atoms with van der Waals surface area (Å²) in [5, 5.41) is 17.1. The highest BCUT2D eigenvalue weighted by Gasteiger charge is 2.08. The Labute approximate surface area is 173 Å². The lowest BCUT2D eigenvalue weighted by Gasteiger charge is -2.18. The summed E-state index contributed by atoms with van der Waals surface area (Å²) in [6, 6.07) is 10.2. The van der Waals surface area contributed by atoms with Gasteiger partial charge in [0.15, 0.2) is 5.96 Å². The highest BCUT2D eigenvalue weighted by Crippen LogP contribution is 2.16. The Morgan fingerprint density at radius 2 is 1.96 bits per heavy atom. The molecule has 1 heterocycles. The van der Waals surface area contributed by atoms with Crippen molar-refractivity contribution in [2.24, 2.45) is 10.9 Å². The first-order valence-corrected chi connectivity index (χ1v) is 9.24. The van der Waals surface area contributed by atoms with Crippen molar-refractivity contribution in [1.29, 1.82) is 0 Å². The van der Waals surface area contributed by atoms with Gasteiger partial charge in [-0.25, -0.2) is 4.99 Å². The van der Waals surface area contributed by atoms with Crippen LogP contribution in [0.2, 0.25) is 0 Å². The minimum atomic E-state index is 0. The first kappa shape index (κ1) is 22.6. The minimum Gasteiger partial charge on any atom is -0.396 e. The molecule has 0 aliphatic rings. The number of para-hydroxylation sites is 1. The van der Waals surface area contributed by atoms with E-state index in [2.05, 4.69) is 47.7 Å². The maximum absolute atomic E-state index is 9.20. The van der Waals surface area contributed by atoms with E-state index in [1.807, 2.05) is 18.3 Å².